The molecule has 0 spiro atoms. The molecule has 0 radical (unpaired) electrons. The van der Waals surface area contributed by atoms with Crippen molar-refractivity contribution in [1.29, 1.82) is 0 Å². The van der Waals surface area contributed by atoms with E-state index in [1.54, 1.807) is 17.8 Å². The lowest BCUT2D eigenvalue weighted by Gasteiger charge is -1.97. The summed E-state index contributed by atoms with van der Waals surface area (Å²) < 4.78 is 13.0. The van der Waals surface area contributed by atoms with Gasteiger partial charge in [0.1, 0.15) is 5.82 Å². The monoisotopic (exact) mass is 216 g/mol. The molecule has 0 saturated heterocycles. The van der Waals surface area contributed by atoms with Gasteiger partial charge in [0.2, 0.25) is 0 Å². The minimum Gasteiger partial charge on any atom is -0.230 e. The van der Waals surface area contributed by atoms with Crippen LogP contribution in [0.4, 0.5) is 10.1 Å². The zero-order valence-corrected chi connectivity index (χ0v) is 8.81. The average molecular weight is 216 g/mol. The molecule has 1 aromatic rings. The van der Waals surface area contributed by atoms with Gasteiger partial charge in [-0.15, -0.1) is 0 Å². The molecule has 0 saturated carbocycles. The molecule has 0 aliphatic carbocycles. The van der Waals surface area contributed by atoms with E-state index in [0.717, 1.165) is 11.6 Å². The van der Waals surface area contributed by atoms with Crippen molar-refractivity contribution in [2.45, 2.75) is 5.75 Å². The van der Waals surface area contributed by atoms with Crippen LogP contribution in [0.15, 0.2) is 18.2 Å². The van der Waals surface area contributed by atoms with Gasteiger partial charge in [-0.2, -0.15) is 11.8 Å². The molecule has 76 valence electrons. The molecule has 0 heterocycles. The Kier molecular flexibility index (Phi) is 3.88. The van der Waals surface area contributed by atoms with E-state index in [4.69, 9.17) is 0 Å². The van der Waals surface area contributed by atoms with Crippen molar-refractivity contribution in [1.82, 2.24) is 0 Å². The molecule has 0 aliphatic heterocycles. The van der Waals surface area contributed by atoms with Gasteiger partial charge in [0.05, 0.1) is 11.0 Å². The SMILES string of the molecule is CO[N+](=O)c1cc(F)cc(CSC)c1. The Hall–Kier alpha value is -1.10. The van der Waals surface area contributed by atoms with Crippen molar-refractivity contribution < 1.29 is 14.2 Å². The second-order valence-electron chi connectivity index (χ2n) is 2.69. The summed E-state index contributed by atoms with van der Waals surface area (Å²) in [4.78, 5) is 15.8. The zero-order valence-electron chi connectivity index (χ0n) is 7.99. The van der Waals surface area contributed by atoms with Crippen LogP contribution in [0.1, 0.15) is 5.56 Å². The van der Waals surface area contributed by atoms with Crippen LogP contribution in [0.5, 0.6) is 0 Å². The summed E-state index contributed by atoms with van der Waals surface area (Å²) in [5.41, 5.74) is 0.946. The first kappa shape index (κ1) is 11.0. The topological polar surface area (TPSA) is 29.3 Å². The first-order valence-electron chi connectivity index (χ1n) is 3.97. The first-order chi connectivity index (χ1) is 6.67. The fourth-order valence-corrected chi connectivity index (χ4v) is 1.59. The fraction of sp³-hybridized carbons (Fsp3) is 0.333. The van der Waals surface area contributed by atoms with Gasteiger partial charge in [0, 0.05) is 11.8 Å². The molecule has 3 nitrogen and oxygen atoms in total. The molecule has 5 heteroatoms. The van der Waals surface area contributed by atoms with Crippen molar-refractivity contribution in [3.05, 3.63) is 34.5 Å². The Balaban J connectivity index is 3.00. The zero-order chi connectivity index (χ0) is 10.6. The Morgan fingerprint density at radius 2 is 2.21 bits per heavy atom. The highest BCUT2D eigenvalue weighted by Gasteiger charge is 2.16. The molecule has 0 bridgehead atoms. The van der Waals surface area contributed by atoms with Crippen molar-refractivity contribution in [2.24, 2.45) is 0 Å². The molecular formula is C9H11FNO2S+. The second kappa shape index (κ2) is 4.95. The highest BCUT2D eigenvalue weighted by molar-refractivity contribution is 7.97. The third-order valence-corrected chi connectivity index (χ3v) is 2.25. The van der Waals surface area contributed by atoms with Gasteiger partial charge >= 0.3 is 5.69 Å². The Morgan fingerprint density at radius 3 is 2.79 bits per heavy atom. The van der Waals surface area contributed by atoms with Crippen molar-refractivity contribution in [3.63, 3.8) is 0 Å². The number of halogens is 1. The van der Waals surface area contributed by atoms with E-state index >= 15 is 0 Å². The van der Waals surface area contributed by atoms with Gasteiger partial charge in [-0.25, -0.2) is 9.23 Å². The number of hydrogen-bond acceptors (Lipinski definition) is 3. The lowest BCUT2D eigenvalue weighted by Crippen LogP contribution is -1.99. The largest absolute Gasteiger partial charge is 0.319 e. The standard InChI is InChI=1S/C9H11FNO2S/c1-13-11(12)9-4-7(6-14-2)3-8(10)5-9/h3-5H,6H2,1-2H3/q+1. The Bertz CT molecular complexity index is 344. The lowest BCUT2D eigenvalue weighted by atomic mass is 10.2. The molecule has 0 unspecified atom stereocenters. The normalized spacial score (nSPS) is 9.93. The van der Waals surface area contributed by atoms with Gasteiger partial charge in [0.25, 0.3) is 4.92 Å². The number of thioether (sulfide) groups is 1. The van der Waals surface area contributed by atoms with Crippen LogP contribution in [-0.4, -0.2) is 18.3 Å². The predicted molar refractivity (Wildman–Crippen MR) is 53.9 cm³/mol. The van der Waals surface area contributed by atoms with Gasteiger partial charge in [0.15, 0.2) is 7.11 Å². The quantitative estimate of drug-likeness (QED) is 0.724. The van der Waals surface area contributed by atoms with Gasteiger partial charge < -0.3 is 0 Å². The highest BCUT2D eigenvalue weighted by Crippen LogP contribution is 2.19. The fourth-order valence-electron chi connectivity index (χ4n) is 1.09. The first-order valence-corrected chi connectivity index (χ1v) is 5.36. The average Bonchev–Trinajstić information content (AvgIpc) is 2.16. The van der Waals surface area contributed by atoms with Gasteiger partial charge in [-0.1, -0.05) is 0 Å². The molecule has 0 amide bonds. The predicted octanol–water partition coefficient (Wildman–Crippen LogP) is 2.66. The Labute approximate surface area is 85.8 Å². The van der Waals surface area contributed by atoms with Crippen molar-refractivity contribution in [2.75, 3.05) is 13.4 Å². The summed E-state index contributed by atoms with van der Waals surface area (Å²) in [6.07, 6.45) is 1.91. The van der Waals surface area contributed by atoms with Crippen molar-refractivity contribution in [3.8, 4) is 0 Å². The third-order valence-electron chi connectivity index (χ3n) is 1.63. The third kappa shape index (κ3) is 2.70. The van der Waals surface area contributed by atoms with Crippen LogP contribution >= 0.6 is 11.8 Å². The second-order valence-corrected chi connectivity index (χ2v) is 3.56. The van der Waals surface area contributed by atoms with Crippen molar-refractivity contribution >= 4 is 17.4 Å². The van der Waals surface area contributed by atoms with E-state index in [0.29, 0.717) is 5.75 Å². The Morgan fingerprint density at radius 1 is 1.50 bits per heavy atom. The summed E-state index contributed by atoms with van der Waals surface area (Å²) in [6, 6.07) is 4.15. The minimum atomic E-state index is -0.426. The summed E-state index contributed by atoms with van der Waals surface area (Å²) >= 11 is 1.56. The van der Waals surface area contributed by atoms with E-state index in [9.17, 15) is 9.30 Å². The molecule has 0 fully saturated rings. The number of nitrogens with zero attached hydrogens (tertiary/aromatic N) is 1. The van der Waals surface area contributed by atoms with E-state index in [-0.39, 0.29) is 10.6 Å². The molecule has 1 rings (SSSR count). The summed E-state index contributed by atoms with van der Waals surface area (Å²) in [6.45, 7) is 0. The number of rotatable bonds is 4. The summed E-state index contributed by atoms with van der Waals surface area (Å²) in [5, 5.41) is 0. The van der Waals surface area contributed by atoms with Crippen LogP contribution in [0.3, 0.4) is 0 Å². The van der Waals surface area contributed by atoms with E-state index in [2.05, 4.69) is 4.84 Å². The van der Waals surface area contributed by atoms with Crippen LogP contribution in [0.2, 0.25) is 0 Å². The highest BCUT2D eigenvalue weighted by atomic mass is 32.2. The molecule has 1 aromatic carbocycles. The van der Waals surface area contributed by atoms with Crippen LogP contribution in [0.25, 0.3) is 0 Å². The maximum absolute atomic E-state index is 13.0. The van der Waals surface area contributed by atoms with Crippen LogP contribution < -0.4 is 0 Å². The number of benzene rings is 1. The molecular weight excluding hydrogens is 205 g/mol. The van der Waals surface area contributed by atoms with Gasteiger partial charge in [-0.3, -0.25) is 0 Å². The lowest BCUT2D eigenvalue weighted by molar-refractivity contribution is -0.736. The number of hydrogen-bond donors (Lipinski definition) is 0. The molecule has 0 atom stereocenters. The smallest absolute Gasteiger partial charge is 0.230 e. The van der Waals surface area contributed by atoms with E-state index < -0.39 is 5.82 Å². The minimum absolute atomic E-state index is 0.177. The van der Waals surface area contributed by atoms with Crippen LogP contribution in [-0.2, 0) is 10.6 Å². The summed E-state index contributed by atoms with van der Waals surface area (Å²) in [5.74, 6) is 0.243. The molecule has 0 aliphatic rings. The maximum Gasteiger partial charge on any atom is 0.319 e. The maximum atomic E-state index is 13.0. The van der Waals surface area contributed by atoms with Gasteiger partial charge in [-0.05, 0) is 17.9 Å². The molecule has 14 heavy (non-hydrogen) atoms. The van der Waals surface area contributed by atoms with E-state index in [1.165, 1.54) is 13.2 Å². The molecule has 0 aromatic heterocycles. The van der Waals surface area contributed by atoms with Crippen LogP contribution in [0, 0.1) is 10.7 Å². The molecule has 0 N–H and O–H groups in total. The summed E-state index contributed by atoms with van der Waals surface area (Å²) in [7, 11) is 1.24. The van der Waals surface area contributed by atoms with E-state index in [1.807, 2.05) is 6.26 Å².